The first-order valence-corrected chi connectivity index (χ1v) is 4.06. The minimum Gasteiger partial charge on any atom is -0.288 e. The summed E-state index contributed by atoms with van der Waals surface area (Å²) in [6.45, 7) is 1.73. The van der Waals surface area contributed by atoms with Gasteiger partial charge < -0.3 is 0 Å². The molecule has 1 aliphatic rings. The topological polar surface area (TPSA) is 9.23 Å². The first-order valence-electron chi connectivity index (χ1n) is 4.06. The summed E-state index contributed by atoms with van der Waals surface area (Å²) in [5.74, 6) is 0.818. The van der Waals surface area contributed by atoms with E-state index in [2.05, 4.69) is 4.74 Å². The van der Waals surface area contributed by atoms with Gasteiger partial charge in [-0.3, -0.25) is 4.74 Å². The van der Waals surface area contributed by atoms with Crippen LogP contribution in [-0.2, 0) is 4.74 Å². The Hall–Kier alpha value is -0.250. The zero-order valence-corrected chi connectivity index (χ0v) is 6.95. The number of hydrogen-bond acceptors (Lipinski definition) is 1. The fraction of sp³-hybridized carbons (Fsp3) is 0.875. The lowest BCUT2D eigenvalue weighted by Gasteiger charge is -2.28. The highest BCUT2D eigenvalue weighted by Crippen LogP contribution is 2.32. The molecule has 0 spiro atoms. The van der Waals surface area contributed by atoms with Crippen molar-refractivity contribution in [1.29, 1.82) is 0 Å². The lowest BCUT2D eigenvalue weighted by Crippen LogP contribution is -2.30. The van der Waals surface area contributed by atoms with Gasteiger partial charge in [-0.2, -0.15) is 0 Å². The summed E-state index contributed by atoms with van der Waals surface area (Å²) in [6, 6.07) is 0. The molecule has 4 heteroatoms. The second-order valence-corrected chi connectivity index (χ2v) is 3.14. The van der Waals surface area contributed by atoms with Gasteiger partial charge >= 0.3 is 6.36 Å². The van der Waals surface area contributed by atoms with Gasteiger partial charge in [0.05, 0.1) is 6.10 Å². The average Bonchev–Trinajstić information content (AvgIpc) is 1.91. The van der Waals surface area contributed by atoms with E-state index in [0.29, 0.717) is 6.42 Å². The Balaban J connectivity index is 2.39. The van der Waals surface area contributed by atoms with Crippen molar-refractivity contribution in [2.24, 2.45) is 0 Å². The first kappa shape index (κ1) is 9.84. The van der Waals surface area contributed by atoms with Gasteiger partial charge in [-0.25, -0.2) is 0 Å². The molecule has 0 aromatic carbocycles. The van der Waals surface area contributed by atoms with Crippen LogP contribution < -0.4 is 0 Å². The Labute approximate surface area is 69.9 Å². The predicted molar refractivity (Wildman–Crippen MR) is 38.3 cm³/mol. The molecule has 1 unspecified atom stereocenters. The maximum Gasteiger partial charge on any atom is 0.522 e. The number of hydrogen-bond donors (Lipinski definition) is 0. The molecule has 1 fully saturated rings. The van der Waals surface area contributed by atoms with Gasteiger partial charge in [0.25, 0.3) is 0 Å². The molecule has 0 amide bonds. The van der Waals surface area contributed by atoms with Crippen molar-refractivity contribution in [3.8, 4) is 0 Å². The molecule has 71 valence electrons. The molecule has 1 radical (unpaired) electrons. The first-order chi connectivity index (χ1) is 5.49. The Morgan fingerprint density at radius 2 is 2.00 bits per heavy atom. The summed E-state index contributed by atoms with van der Waals surface area (Å²) < 4.78 is 39.3. The quantitative estimate of drug-likeness (QED) is 0.604. The van der Waals surface area contributed by atoms with Gasteiger partial charge in [0.1, 0.15) is 0 Å². The highest BCUT2D eigenvalue weighted by Gasteiger charge is 2.36. The van der Waals surface area contributed by atoms with Gasteiger partial charge in [-0.05, 0) is 12.8 Å². The van der Waals surface area contributed by atoms with Crippen molar-refractivity contribution in [3.05, 3.63) is 5.92 Å². The monoisotopic (exact) mass is 181 g/mol. The number of ether oxygens (including phenoxy) is 1. The van der Waals surface area contributed by atoms with Crippen LogP contribution in [0.1, 0.15) is 32.6 Å². The minimum atomic E-state index is -4.48. The van der Waals surface area contributed by atoms with E-state index in [1.165, 1.54) is 0 Å². The number of halogens is 3. The van der Waals surface area contributed by atoms with Crippen LogP contribution in [0.2, 0.25) is 0 Å². The maximum absolute atomic E-state index is 11.8. The average molecular weight is 181 g/mol. The van der Waals surface area contributed by atoms with Crippen LogP contribution in [-0.4, -0.2) is 12.5 Å². The van der Waals surface area contributed by atoms with Crippen molar-refractivity contribution >= 4 is 0 Å². The fourth-order valence-electron chi connectivity index (χ4n) is 1.46. The normalized spacial score (nSPS) is 27.5. The van der Waals surface area contributed by atoms with Crippen LogP contribution in [0, 0.1) is 5.92 Å². The summed E-state index contributed by atoms with van der Waals surface area (Å²) in [5, 5.41) is 0. The fourth-order valence-corrected chi connectivity index (χ4v) is 1.46. The Bertz CT molecular complexity index is 144. The van der Waals surface area contributed by atoms with Crippen LogP contribution in [0.15, 0.2) is 0 Å². The molecule has 0 heterocycles. The highest BCUT2D eigenvalue weighted by molar-refractivity contribution is 4.96. The molecular formula is C8H12F3O. The molecule has 0 aromatic rings. The standard InChI is InChI=1S/C8H12F3O/c1-6-4-2-3-5-7(6)12-8(9,10)11/h7H,2-5H2,1H3. The Morgan fingerprint density at radius 1 is 1.33 bits per heavy atom. The van der Waals surface area contributed by atoms with E-state index in [4.69, 9.17) is 0 Å². The predicted octanol–water partition coefficient (Wildman–Crippen LogP) is 3.06. The number of alkyl halides is 3. The van der Waals surface area contributed by atoms with Gasteiger partial charge in [-0.15, -0.1) is 13.2 Å². The van der Waals surface area contributed by atoms with Crippen molar-refractivity contribution < 1.29 is 17.9 Å². The maximum atomic E-state index is 11.8. The molecule has 1 rings (SSSR count). The van der Waals surface area contributed by atoms with Gasteiger partial charge in [0.15, 0.2) is 0 Å². The van der Waals surface area contributed by atoms with E-state index in [-0.39, 0.29) is 0 Å². The van der Waals surface area contributed by atoms with Gasteiger partial charge in [-0.1, -0.05) is 19.8 Å². The summed E-state index contributed by atoms with van der Waals surface area (Å²) in [6.07, 6.45) is -2.09. The third-order valence-electron chi connectivity index (χ3n) is 2.11. The SMILES string of the molecule is C[C]1CCCCC1OC(F)(F)F. The molecule has 0 bridgehead atoms. The molecule has 12 heavy (non-hydrogen) atoms. The molecular weight excluding hydrogens is 169 g/mol. The van der Waals surface area contributed by atoms with Crippen molar-refractivity contribution in [2.45, 2.75) is 45.1 Å². The lowest BCUT2D eigenvalue weighted by molar-refractivity contribution is -0.342. The zero-order chi connectivity index (χ0) is 9.19. The van der Waals surface area contributed by atoms with E-state index in [1.807, 2.05) is 0 Å². The molecule has 0 aliphatic heterocycles. The number of rotatable bonds is 1. The van der Waals surface area contributed by atoms with Crippen LogP contribution in [0.4, 0.5) is 13.2 Å². The van der Waals surface area contributed by atoms with E-state index < -0.39 is 12.5 Å². The Morgan fingerprint density at radius 3 is 2.50 bits per heavy atom. The Kier molecular flexibility index (Phi) is 2.99. The third-order valence-corrected chi connectivity index (χ3v) is 2.11. The summed E-state index contributed by atoms with van der Waals surface area (Å²) in [5.41, 5.74) is 0. The van der Waals surface area contributed by atoms with Gasteiger partial charge in [0.2, 0.25) is 0 Å². The molecule has 0 aromatic heterocycles. The molecule has 1 atom stereocenters. The van der Waals surface area contributed by atoms with E-state index in [0.717, 1.165) is 25.2 Å². The minimum absolute atomic E-state index is 0.505. The molecule has 1 nitrogen and oxygen atoms in total. The molecule has 1 saturated carbocycles. The van der Waals surface area contributed by atoms with Crippen LogP contribution in [0.25, 0.3) is 0 Å². The second kappa shape index (κ2) is 3.64. The molecule has 0 saturated heterocycles. The molecule has 1 aliphatic carbocycles. The van der Waals surface area contributed by atoms with Crippen molar-refractivity contribution in [1.82, 2.24) is 0 Å². The highest BCUT2D eigenvalue weighted by atomic mass is 19.4. The van der Waals surface area contributed by atoms with Crippen molar-refractivity contribution in [2.75, 3.05) is 0 Å². The van der Waals surface area contributed by atoms with Crippen LogP contribution >= 0.6 is 0 Å². The van der Waals surface area contributed by atoms with Crippen LogP contribution in [0.5, 0.6) is 0 Å². The van der Waals surface area contributed by atoms with E-state index in [9.17, 15) is 13.2 Å². The second-order valence-electron chi connectivity index (χ2n) is 3.14. The summed E-state index contributed by atoms with van der Waals surface area (Å²) in [7, 11) is 0. The smallest absolute Gasteiger partial charge is 0.288 e. The third kappa shape index (κ3) is 3.01. The zero-order valence-electron chi connectivity index (χ0n) is 6.95. The van der Waals surface area contributed by atoms with Crippen molar-refractivity contribution in [3.63, 3.8) is 0 Å². The molecule has 0 N–H and O–H groups in total. The van der Waals surface area contributed by atoms with E-state index >= 15 is 0 Å². The summed E-state index contributed by atoms with van der Waals surface area (Å²) in [4.78, 5) is 0. The lowest BCUT2D eigenvalue weighted by atomic mass is 9.88. The van der Waals surface area contributed by atoms with Gasteiger partial charge in [0, 0.05) is 5.92 Å². The van der Waals surface area contributed by atoms with E-state index in [1.54, 1.807) is 6.92 Å². The van der Waals surface area contributed by atoms with Crippen LogP contribution in [0.3, 0.4) is 0 Å². The largest absolute Gasteiger partial charge is 0.522 e. The summed E-state index contributed by atoms with van der Waals surface area (Å²) >= 11 is 0.